The van der Waals surface area contributed by atoms with Gasteiger partial charge in [-0.25, -0.2) is 4.79 Å². The summed E-state index contributed by atoms with van der Waals surface area (Å²) in [5, 5.41) is 8.84. The van der Waals surface area contributed by atoms with Crippen LogP contribution in [0.3, 0.4) is 0 Å². The van der Waals surface area contributed by atoms with Gasteiger partial charge in [-0.2, -0.15) is 0 Å². The Morgan fingerprint density at radius 3 is 2.00 bits per heavy atom. The maximum absolute atomic E-state index is 11.7. The van der Waals surface area contributed by atoms with Gasteiger partial charge in [-0.1, -0.05) is 20.8 Å². The molecule has 0 spiro atoms. The maximum atomic E-state index is 11.7. The van der Waals surface area contributed by atoms with E-state index in [0.29, 0.717) is 24.2 Å². The number of rotatable bonds is 8. The van der Waals surface area contributed by atoms with Crippen molar-refractivity contribution in [1.29, 1.82) is 0 Å². The highest BCUT2D eigenvalue weighted by Gasteiger charge is 2.21. The SMILES string of the molecule is CCCNC(=O)NCC1CCC(CNC(=O)CC(C)C)CC1. The average molecular weight is 311 g/mol. The molecule has 0 aromatic carbocycles. The molecular formula is C17H33N3O2. The molecule has 1 rings (SSSR count). The van der Waals surface area contributed by atoms with E-state index in [1.54, 1.807) is 0 Å². The van der Waals surface area contributed by atoms with Gasteiger partial charge in [0.25, 0.3) is 0 Å². The zero-order valence-corrected chi connectivity index (χ0v) is 14.4. The number of carbonyl (C=O) groups excluding carboxylic acids is 2. The van der Waals surface area contributed by atoms with Crippen molar-refractivity contribution in [2.45, 2.75) is 59.3 Å². The lowest BCUT2D eigenvalue weighted by atomic mass is 9.82. The van der Waals surface area contributed by atoms with Gasteiger partial charge < -0.3 is 16.0 Å². The van der Waals surface area contributed by atoms with Gasteiger partial charge >= 0.3 is 6.03 Å². The first-order valence-corrected chi connectivity index (χ1v) is 8.79. The van der Waals surface area contributed by atoms with E-state index in [0.717, 1.165) is 51.7 Å². The highest BCUT2D eigenvalue weighted by Crippen LogP contribution is 2.27. The number of carbonyl (C=O) groups is 2. The summed E-state index contributed by atoms with van der Waals surface area (Å²) in [5.41, 5.74) is 0. The Morgan fingerprint density at radius 1 is 0.955 bits per heavy atom. The summed E-state index contributed by atoms with van der Waals surface area (Å²) in [6.07, 6.45) is 6.14. The van der Waals surface area contributed by atoms with E-state index in [1.165, 1.54) is 0 Å². The van der Waals surface area contributed by atoms with Gasteiger partial charge in [0.15, 0.2) is 0 Å². The summed E-state index contributed by atoms with van der Waals surface area (Å²) in [7, 11) is 0. The van der Waals surface area contributed by atoms with Crippen molar-refractivity contribution in [1.82, 2.24) is 16.0 Å². The summed E-state index contributed by atoms with van der Waals surface area (Å²) in [4.78, 5) is 23.2. The fourth-order valence-corrected chi connectivity index (χ4v) is 2.88. The smallest absolute Gasteiger partial charge is 0.314 e. The quantitative estimate of drug-likeness (QED) is 0.645. The van der Waals surface area contributed by atoms with Gasteiger partial charge in [-0.05, 0) is 49.9 Å². The molecule has 0 aliphatic heterocycles. The standard InChI is InChI=1S/C17H33N3O2/c1-4-9-18-17(22)20-12-15-7-5-14(6-8-15)11-19-16(21)10-13(2)3/h13-15H,4-12H2,1-3H3,(H,19,21)(H2,18,20,22). The van der Waals surface area contributed by atoms with Crippen molar-refractivity contribution in [3.8, 4) is 0 Å². The zero-order valence-electron chi connectivity index (χ0n) is 14.4. The normalized spacial score (nSPS) is 21.5. The molecule has 128 valence electrons. The molecule has 0 aromatic heterocycles. The van der Waals surface area contributed by atoms with E-state index < -0.39 is 0 Å². The molecule has 22 heavy (non-hydrogen) atoms. The van der Waals surface area contributed by atoms with Crippen LogP contribution in [0.4, 0.5) is 4.79 Å². The molecule has 5 heteroatoms. The molecule has 0 radical (unpaired) electrons. The molecule has 3 N–H and O–H groups in total. The number of nitrogens with one attached hydrogen (secondary N) is 3. The van der Waals surface area contributed by atoms with E-state index >= 15 is 0 Å². The zero-order chi connectivity index (χ0) is 16.4. The Morgan fingerprint density at radius 2 is 1.50 bits per heavy atom. The van der Waals surface area contributed by atoms with E-state index in [4.69, 9.17) is 0 Å². The van der Waals surface area contributed by atoms with E-state index in [1.807, 2.05) is 6.92 Å². The minimum Gasteiger partial charge on any atom is -0.356 e. The molecule has 1 aliphatic carbocycles. The molecule has 0 aromatic rings. The molecule has 0 unspecified atom stereocenters. The van der Waals surface area contributed by atoms with E-state index in [2.05, 4.69) is 29.8 Å². The summed E-state index contributed by atoms with van der Waals surface area (Å²) in [6.45, 7) is 8.48. The number of hydrogen-bond donors (Lipinski definition) is 3. The van der Waals surface area contributed by atoms with Gasteiger partial charge in [0.05, 0.1) is 0 Å². The average Bonchev–Trinajstić information content (AvgIpc) is 2.49. The molecule has 0 bridgehead atoms. The summed E-state index contributed by atoms with van der Waals surface area (Å²) in [5.74, 6) is 1.77. The Kier molecular flexibility index (Phi) is 8.94. The van der Waals surface area contributed by atoms with Crippen LogP contribution in [0.5, 0.6) is 0 Å². The van der Waals surface area contributed by atoms with Crippen LogP contribution in [-0.4, -0.2) is 31.6 Å². The van der Waals surface area contributed by atoms with Crippen molar-refractivity contribution >= 4 is 11.9 Å². The molecule has 1 fully saturated rings. The predicted octanol–water partition coefficient (Wildman–Crippen LogP) is 2.66. The third-order valence-electron chi connectivity index (χ3n) is 4.23. The fraction of sp³-hybridized carbons (Fsp3) is 0.882. The Labute approximate surface area is 135 Å². The monoisotopic (exact) mass is 311 g/mol. The lowest BCUT2D eigenvalue weighted by Crippen LogP contribution is -2.39. The largest absolute Gasteiger partial charge is 0.356 e. The minimum atomic E-state index is -0.0510. The van der Waals surface area contributed by atoms with Crippen LogP contribution in [0.15, 0.2) is 0 Å². The number of hydrogen-bond acceptors (Lipinski definition) is 2. The van der Waals surface area contributed by atoms with Gasteiger partial charge in [-0.15, -0.1) is 0 Å². The van der Waals surface area contributed by atoms with Crippen LogP contribution < -0.4 is 16.0 Å². The summed E-state index contributed by atoms with van der Waals surface area (Å²) < 4.78 is 0. The molecule has 0 saturated heterocycles. The molecule has 0 atom stereocenters. The second kappa shape index (κ2) is 10.5. The lowest BCUT2D eigenvalue weighted by molar-refractivity contribution is -0.122. The van der Waals surface area contributed by atoms with Crippen LogP contribution in [-0.2, 0) is 4.79 Å². The minimum absolute atomic E-state index is 0.0510. The van der Waals surface area contributed by atoms with Crippen LogP contribution in [0.2, 0.25) is 0 Å². The van der Waals surface area contributed by atoms with Gasteiger partial charge in [0.2, 0.25) is 5.91 Å². The van der Waals surface area contributed by atoms with Crippen molar-refractivity contribution in [3.05, 3.63) is 0 Å². The van der Waals surface area contributed by atoms with Crippen LogP contribution >= 0.6 is 0 Å². The first-order chi connectivity index (χ1) is 10.5. The highest BCUT2D eigenvalue weighted by molar-refractivity contribution is 5.76. The van der Waals surface area contributed by atoms with Crippen molar-refractivity contribution in [2.75, 3.05) is 19.6 Å². The molecule has 1 aliphatic rings. The first-order valence-electron chi connectivity index (χ1n) is 8.79. The second-order valence-electron chi connectivity index (χ2n) is 6.93. The molecule has 0 heterocycles. The first kappa shape index (κ1) is 18.8. The van der Waals surface area contributed by atoms with Crippen LogP contribution in [0, 0.1) is 17.8 Å². The molecule has 5 nitrogen and oxygen atoms in total. The van der Waals surface area contributed by atoms with Crippen molar-refractivity contribution in [3.63, 3.8) is 0 Å². The third kappa shape index (κ3) is 8.25. The van der Waals surface area contributed by atoms with Gasteiger partial charge in [-0.3, -0.25) is 4.79 Å². The van der Waals surface area contributed by atoms with Crippen LogP contribution in [0.1, 0.15) is 59.3 Å². The van der Waals surface area contributed by atoms with Crippen LogP contribution in [0.25, 0.3) is 0 Å². The Balaban J connectivity index is 2.10. The van der Waals surface area contributed by atoms with Gasteiger partial charge in [0, 0.05) is 26.1 Å². The van der Waals surface area contributed by atoms with Crippen molar-refractivity contribution in [2.24, 2.45) is 17.8 Å². The number of amides is 3. The molecular weight excluding hydrogens is 278 g/mol. The topological polar surface area (TPSA) is 70.2 Å². The van der Waals surface area contributed by atoms with Crippen molar-refractivity contribution < 1.29 is 9.59 Å². The van der Waals surface area contributed by atoms with Gasteiger partial charge in [0.1, 0.15) is 0 Å². The summed E-state index contributed by atoms with van der Waals surface area (Å²) >= 11 is 0. The maximum Gasteiger partial charge on any atom is 0.314 e. The van der Waals surface area contributed by atoms with E-state index in [9.17, 15) is 9.59 Å². The Hall–Kier alpha value is -1.26. The number of urea groups is 1. The molecule has 1 saturated carbocycles. The molecule has 3 amide bonds. The fourth-order valence-electron chi connectivity index (χ4n) is 2.88. The second-order valence-corrected chi connectivity index (χ2v) is 6.93. The summed E-state index contributed by atoms with van der Waals surface area (Å²) in [6, 6.07) is -0.0510. The predicted molar refractivity (Wildman–Crippen MR) is 89.6 cm³/mol. The van der Waals surface area contributed by atoms with E-state index in [-0.39, 0.29) is 11.9 Å². The highest BCUT2D eigenvalue weighted by atomic mass is 16.2. The lowest BCUT2D eigenvalue weighted by Gasteiger charge is -2.28. The third-order valence-corrected chi connectivity index (χ3v) is 4.23. The Bertz CT molecular complexity index is 337.